The van der Waals surface area contributed by atoms with Crippen LogP contribution in [0.25, 0.3) is 0 Å². The van der Waals surface area contributed by atoms with Gasteiger partial charge in [-0.05, 0) is 84.0 Å². The molecule has 0 aromatic heterocycles. The molecule has 280 valence electrons. The predicted octanol–water partition coefficient (Wildman–Crippen LogP) is 7.41. The average molecular weight is 707 g/mol. The molecule has 0 heterocycles. The number of hydrogen-bond donors (Lipinski definition) is 3. The van der Waals surface area contributed by atoms with Gasteiger partial charge in [0.05, 0.1) is 39.9 Å². The van der Waals surface area contributed by atoms with Gasteiger partial charge in [-0.1, -0.05) is 92.0 Å². The third-order valence-corrected chi connectivity index (χ3v) is 8.24. The Morgan fingerprint density at radius 3 is 1.84 bits per heavy atom. The molecule has 4 atom stereocenters. The number of amides is 1. The van der Waals surface area contributed by atoms with E-state index < -0.39 is 32.7 Å². The number of phosphoric ester groups is 1. The minimum Gasteiger partial charge on any atom is -0.756 e. The lowest BCUT2D eigenvalue weighted by Gasteiger charge is -2.31. The van der Waals surface area contributed by atoms with E-state index in [1.165, 1.54) is 0 Å². The second-order valence-corrected chi connectivity index (χ2v) is 14.4. The summed E-state index contributed by atoms with van der Waals surface area (Å²) < 4.78 is 22.9. The molecule has 0 aromatic rings. The molecule has 0 aromatic carbocycles. The molecule has 0 saturated heterocycles. The van der Waals surface area contributed by atoms with Crippen LogP contribution < -0.4 is 10.2 Å². The first-order chi connectivity index (χ1) is 23.4. The number of allylic oxidation sites excluding steroid dienone is 14. The van der Waals surface area contributed by atoms with Crippen molar-refractivity contribution in [2.24, 2.45) is 0 Å². The summed E-state index contributed by atoms with van der Waals surface area (Å²) in [5, 5.41) is 24.3. The van der Waals surface area contributed by atoms with Gasteiger partial charge in [0.25, 0.3) is 7.82 Å². The Morgan fingerprint density at radius 1 is 0.776 bits per heavy atom. The number of aliphatic hydroxyl groups is 2. The van der Waals surface area contributed by atoms with E-state index >= 15 is 0 Å². The molecule has 3 N–H and O–H groups in total. The lowest BCUT2D eigenvalue weighted by molar-refractivity contribution is -0.870. The van der Waals surface area contributed by atoms with Gasteiger partial charge in [-0.15, -0.1) is 0 Å². The highest BCUT2D eigenvalue weighted by atomic mass is 31.2. The van der Waals surface area contributed by atoms with E-state index in [0.29, 0.717) is 23.9 Å². The van der Waals surface area contributed by atoms with Crippen molar-refractivity contribution in [1.29, 1.82) is 0 Å². The number of likely N-dealkylation sites (N-methyl/N-ethyl adjacent to an activating group) is 1. The van der Waals surface area contributed by atoms with Crippen LogP contribution in [-0.4, -0.2) is 79.8 Å². The number of carbonyl (C=O) groups excluding carboxylic acids is 1. The van der Waals surface area contributed by atoms with Gasteiger partial charge in [0.2, 0.25) is 5.91 Å². The van der Waals surface area contributed by atoms with Gasteiger partial charge in [0.15, 0.2) is 0 Å². The normalized spacial score (nSPS) is 16.3. The summed E-state index contributed by atoms with van der Waals surface area (Å²) >= 11 is 0. The lowest BCUT2D eigenvalue weighted by Crippen LogP contribution is -2.51. The Kier molecular flexibility index (Phi) is 29.0. The van der Waals surface area contributed by atoms with E-state index in [2.05, 4.69) is 85.2 Å². The van der Waals surface area contributed by atoms with Gasteiger partial charge in [-0.25, -0.2) is 0 Å². The average Bonchev–Trinajstić information content (AvgIpc) is 3.04. The van der Waals surface area contributed by atoms with Crippen molar-refractivity contribution in [1.82, 2.24) is 5.32 Å². The molecule has 0 aliphatic rings. The number of phosphoric acid groups is 1. The zero-order valence-electron chi connectivity index (χ0n) is 31.0. The van der Waals surface area contributed by atoms with Crippen molar-refractivity contribution in [3.63, 3.8) is 0 Å². The fraction of sp³-hybridized carbons (Fsp3) is 0.615. The summed E-state index contributed by atoms with van der Waals surface area (Å²) in [6, 6.07) is -1.14. The van der Waals surface area contributed by atoms with Gasteiger partial charge < -0.3 is 34.0 Å². The molecule has 0 radical (unpaired) electrons. The minimum absolute atomic E-state index is 0.0677. The van der Waals surface area contributed by atoms with Crippen molar-refractivity contribution in [3.8, 4) is 0 Å². The second-order valence-electron chi connectivity index (χ2n) is 13.0. The first-order valence-corrected chi connectivity index (χ1v) is 19.4. The predicted molar refractivity (Wildman–Crippen MR) is 202 cm³/mol. The van der Waals surface area contributed by atoms with Gasteiger partial charge in [0, 0.05) is 6.42 Å². The molecule has 1 amide bonds. The Bertz CT molecular complexity index is 1090. The first kappa shape index (κ1) is 46.6. The van der Waals surface area contributed by atoms with Crippen molar-refractivity contribution in [2.75, 3.05) is 40.9 Å². The molecule has 9 nitrogen and oxygen atoms in total. The largest absolute Gasteiger partial charge is 0.756 e. The van der Waals surface area contributed by atoms with Crippen LogP contribution in [-0.2, 0) is 18.4 Å². The van der Waals surface area contributed by atoms with Crippen LogP contribution >= 0.6 is 7.82 Å². The molecule has 0 fully saturated rings. The van der Waals surface area contributed by atoms with Crippen molar-refractivity contribution in [2.45, 2.75) is 116 Å². The monoisotopic (exact) mass is 706 g/mol. The van der Waals surface area contributed by atoms with Gasteiger partial charge >= 0.3 is 0 Å². The topological polar surface area (TPSA) is 128 Å². The number of hydrogen-bond acceptors (Lipinski definition) is 7. The van der Waals surface area contributed by atoms with Crippen LogP contribution in [0.5, 0.6) is 0 Å². The molecule has 0 aliphatic carbocycles. The molecule has 0 rings (SSSR count). The Labute approximate surface area is 298 Å². The number of nitrogens with one attached hydrogen (secondary N) is 1. The maximum atomic E-state index is 12.7. The lowest BCUT2D eigenvalue weighted by atomic mass is 10.0. The van der Waals surface area contributed by atoms with E-state index in [1.807, 2.05) is 40.2 Å². The summed E-state index contributed by atoms with van der Waals surface area (Å²) in [6.45, 7) is 3.96. The van der Waals surface area contributed by atoms with Gasteiger partial charge in [-0.2, -0.15) is 0 Å². The number of carbonyl (C=O) groups is 1. The summed E-state index contributed by atoms with van der Waals surface area (Å²) in [6.07, 6.45) is 36.6. The molecule has 49 heavy (non-hydrogen) atoms. The van der Waals surface area contributed by atoms with E-state index in [1.54, 1.807) is 0 Å². The minimum atomic E-state index is -4.69. The third kappa shape index (κ3) is 31.4. The summed E-state index contributed by atoms with van der Waals surface area (Å²) in [4.78, 5) is 25.1. The van der Waals surface area contributed by atoms with Crippen LogP contribution in [0.1, 0.15) is 97.3 Å². The fourth-order valence-electron chi connectivity index (χ4n) is 4.36. The summed E-state index contributed by atoms with van der Waals surface area (Å²) in [5.41, 5.74) is 0. The van der Waals surface area contributed by atoms with Crippen molar-refractivity contribution >= 4 is 13.7 Å². The number of unbranched alkanes of at least 4 members (excludes halogenated alkanes) is 3. The molecular formula is C39H67N2O7P. The van der Waals surface area contributed by atoms with Crippen LogP contribution in [0.4, 0.5) is 0 Å². The zero-order valence-corrected chi connectivity index (χ0v) is 31.9. The summed E-state index contributed by atoms with van der Waals surface area (Å²) in [5.74, 6) is -0.382. The molecule has 10 heteroatoms. The van der Waals surface area contributed by atoms with Gasteiger partial charge in [-0.3, -0.25) is 9.36 Å². The van der Waals surface area contributed by atoms with E-state index in [9.17, 15) is 24.5 Å². The smallest absolute Gasteiger partial charge is 0.268 e. The first-order valence-electron chi connectivity index (χ1n) is 18.0. The fourth-order valence-corrected chi connectivity index (χ4v) is 5.08. The van der Waals surface area contributed by atoms with Crippen LogP contribution in [0, 0.1) is 0 Å². The quantitative estimate of drug-likeness (QED) is 0.0307. The van der Waals surface area contributed by atoms with E-state index in [4.69, 9.17) is 9.05 Å². The maximum absolute atomic E-state index is 12.7. The number of rotatable bonds is 30. The highest BCUT2D eigenvalue weighted by molar-refractivity contribution is 7.45. The SMILES string of the molecule is C/C=C/CC/C=C/CC/C=C/CCCC(O)C(O)C(COP(=O)([O-])OCC[N+](C)(C)C)NC(=O)CC/C=C\C/C=C\C/C=C\C/C=C\CC. The van der Waals surface area contributed by atoms with Crippen LogP contribution in [0.3, 0.4) is 0 Å². The Hall–Kier alpha value is -2.36. The number of quaternary nitrogens is 1. The maximum Gasteiger partial charge on any atom is 0.268 e. The Morgan fingerprint density at radius 2 is 1.29 bits per heavy atom. The van der Waals surface area contributed by atoms with E-state index in [-0.39, 0.29) is 25.4 Å². The van der Waals surface area contributed by atoms with Crippen LogP contribution in [0.2, 0.25) is 0 Å². The highest BCUT2D eigenvalue weighted by Crippen LogP contribution is 2.38. The molecule has 0 bridgehead atoms. The number of nitrogens with zero attached hydrogens (tertiary/aromatic N) is 1. The highest BCUT2D eigenvalue weighted by Gasteiger charge is 2.29. The zero-order chi connectivity index (χ0) is 36.6. The molecule has 0 spiro atoms. The van der Waals surface area contributed by atoms with Crippen LogP contribution in [0.15, 0.2) is 85.1 Å². The molecular weight excluding hydrogens is 639 g/mol. The number of aliphatic hydroxyl groups excluding tert-OH is 2. The molecule has 0 saturated carbocycles. The van der Waals surface area contributed by atoms with E-state index in [0.717, 1.165) is 57.8 Å². The van der Waals surface area contributed by atoms with Crippen molar-refractivity contribution in [3.05, 3.63) is 85.1 Å². The standard InChI is InChI=1S/C39H67N2O7P/c1-6-8-10-12-14-16-18-20-22-24-26-28-30-32-38(43)40-36(35-48-49(45,46)47-34-33-41(3,4)5)39(44)37(42)31-29-27-25-23-21-19-17-15-13-11-9-7-2/h7-10,14-17,20,22-23,25-26,28,36-37,39,42,44H,6,11-13,18-19,21,24,27,29-35H2,1-5H3,(H-,40,43,45,46)/b9-7+,10-8-,16-14-,17-15+,22-20-,25-23+,28-26-. The molecule has 0 aliphatic heterocycles. The second kappa shape index (κ2) is 30.5. The third-order valence-electron chi connectivity index (χ3n) is 7.27. The van der Waals surface area contributed by atoms with Gasteiger partial charge in [0.1, 0.15) is 19.3 Å². The van der Waals surface area contributed by atoms with Crippen molar-refractivity contribution < 1.29 is 38.0 Å². The summed E-state index contributed by atoms with van der Waals surface area (Å²) in [7, 11) is 1.03. The Balaban J connectivity index is 4.88. The molecule has 4 unspecified atom stereocenters.